The zero-order valence-electron chi connectivity index (χ0n) is 7.49. The topological polar surface area (TPSA) is 76.7 Å². The van der Waals surface area contributed by atoms with Crippen molar-refractivity contribution < 1.29 is 4.39 Å². The first-order chi connectivity index (χ1) is 6.61. The van der Waals surface area contributed by atoms with Gasteiger partial charge in [0.1, 0.15) is 5.39 Å². The second kappa shape index (κ2) is 2.91. The standard InChI is InChI=1S/C8H9FN4O/c1-4(10)13-2-5(9)6-7(13)11-3-12-8(6)14/h2-4H,10H2,1H3,(H,11,12,14). The minimum atomic E-state index is -0.605. The predicted octanol–water partition coefficient (Wildman–Crippen LogP) is 0.341. The van der Waals surface area contributed by atoms with Crippen LogP contribution in [-0.2, 0) is 0 Å². The van der Waals surface area contributed by atoms with Crippen LogP contribution in [0.25, 0.3) is 11.0 Å². The van der Waals surface area contributed by atoms with Gasteiger partial charge < -0.3 is 15.3 Å². The third-order valence-corrected chi connectivity index (χ3v) is 2.01. The SMILES string of the molecule is CC(N)n1cc(F)c2c(=O)[nH]cnc21. The molecule has 1 unspecified atom stereocenters. The third-order valence-electron chi connectivity index (χ3n) is 2.01. The number of H-pyrrole nitrogens is 1. The Kier molecular flexibility index (Phi) is 1.85. The van der Waals surface area contributed by atoms with Gasteiger partial charge in [0.15, 0.2) is 11.5 Å². The van der Waals surface area contributed by atoms with Crippen LogP contribution in [0, 0.1) is 5.82 Å². The summed E-state index contributed by atoms with van der Waals surface area (Å²) in [5.74, 6) is -0.605. The molecule has 0 amide bonds. The maximum absolute atomic E-state index is 13.3. The Morgan fingerprint density at radius 3 is 3.07 bits per heavy atom. The van der Waals surface area contributed by atoms with E-state index in [4.69, 9.17) is 5.73 Å². The number of nitrogens with two attached hydrogens (primary N) is 1. The molecule has 0 aliphatic rings. The van der Waals surface area contributed by atoms with Crippen LogP contribution in [-0.4, -0.2) is 14.5 Å². The van der Waals surface area contributed by atoms with Crippen molar-refractivity contribution in [2.24, 2.45) is 5.73 Å². The van der Waals surface area contributed by atoms with Crippen LogP contribution >= 0.6 is 0 Å². The van der Waals surface area contributed by atoms with Crippen LogP contribution in [0.2, 0.25) is 0 Å². The summed E-state index contributed by atoms with van der Waals surface area (Å²) in [5, 5.41) is -0.0511. The summed E-state index contributed by atoms with van der Waals surface area (Å²) in [5.41, 5.74) is 5.36. The molecule has 0 aliphatic heterocycles. The highest BCUT2D eigenvalue weighted by molar-refractivity contribution is 5.75. The van der Waals surface area contributed by atoms with Gasteiger partial charge >= 0.3 is 0 Å². The molecule has 2 aromatic heterocycles. The molecule has 0 radical (unpaired) electrons. The normalized spacial score (nSPS) is 13.4. The van der Waals surface area contributed by atoms with Gasteiger partial charge in [-0.15, -0.1) is 0 Å². The fraction of sp³-hybridized carbons (Fsp3) is 0.250. The van der Waals surface area contributed by atoms with Crippen LogP contribution < -0.4 is 11.3 Å². The smallest absolute Gasteiger partial charge is 0.263 e. The molecule has 5 nitrogen and oxygen atoms in total. The van der Waals surface area contributed by atoms with Crippen molar-refractivity contribution in [3.05, 3.63) is 28.7 Å². The lowest BCUT2D eigenvalue weighted by Crippen LogP contribution is -2.15. The number of halogens is 1. The number of rotatable bonds is 1. The van der Waals surface area contributed by atoms with Crippen LogP contribution in [0.15, 0.2) is 17.3 Å². The number of aromatic nitrogens is 3. The van der Waals surface area contributed by atoms with Crippen LogP contribution in [0.1, 0.15) is 13.1 Å². The fourth-order valence-electron chi connectivity index (χ4n) is 1.36. The van der Waals surface area contributed by atoms with E-state index in [-0.39, 0.29) is 11.0 Å². The van der Waals surface area contributed by atoms with E-state index in [0.717, 1.165) is 0 Å². The molecule has 0 saturated heterocycles. The van der Waals surface area contributed by atoms with Crippen molar-refractivity contribution in [2.45, 2.75) is 13.1 Å². The molecule has 2 aromatic rings. The summed E-state index contributed by atoms with van der Waals surface area (Å²) in [6.07, 6.45) is 1.98. The lowest BCUT2D eigenvalue weighted by atomic mass is 10.4. The van der Waals surface area contributed by atoms with E-state index >= 15 is 0 Å². The van der Waals surface area contributed by atoms with Crippen molar-refractivity contribution in [2.75, 3.05) is 0 Å². The Labute approximate surface area is 78.4 Å². The maximum atomic E-state index is 13.3. The Hall–Kier alpha value is -1.69. The number of fused-ring (bicyclic) bond motifs is 1. The summed E-state index contributed by atoms with van der Waals surface area (Å²) in [7, 11) is 0. The lowest BCUT2D eigenvalue weighted by molar-refractivity contribution is 0.565. The molecule has 3 N–H and O–H groups in total. The minimum Gasteiger partial charge on any atom is -0.314 e. The van der Waals surface area contributed by atoms with Crippen molar-refractivity contribution in [3.8, 4) is 0 Å². The molecule has 0 aromatic carbocycles. The number of nitrogens with one attached hydrogen (secondary N) is 1. The maximum Gasteiger partial charge on any atom is 0.263 e. The Bertz CT molecular complexity index is 528. The molecule has 0 bridgehead atoms. The average molecular weight is 196 g/mol. The van der Waals surface area contributed by atoms with Gasteiger partial charge in [-0.25, -0.2) is 9.37 Å². The van der Waals surface area contributed by atoms with E-state index in [1.807, 2.05) is 0 Å². The summed E-state index contributed by atoms with van der Waals surface area (Å²) >= 11 is 0. The highest BCUT2D eigenvalue weighted by atomic mass is 19.1. The Morgan fingerprint density at radius 2 is 2.43 bits per heavy atom. The molecule has 0 spiro atoms. The molecule has 2 rings (SSSR count). The van der Waals surface area contributed by atoms with Gasteiger partial charge in [-0.3, -0.25) is 4.79 Å². The Balaban J connectivity index is 2.91. The minimum absolute atomic E-state index is 0.0511. The Morgan fingerprint density at radius 1 is 1.71 bits per heavy atom. The zero-order chi connectivity index (χ0) is 10.3. The van der Waals surface area contributed by atoms with Gasteiger partial charge in [-0.2, -0.15) is 0 Å². The molecule has 14 heavy (non-hydrogen) atoms. The molecule has 0 saturated carbocycles. The van der Waals surface area contributed by atoms with Gasteiger partial charge in [0, 0.05) is 6.20 Å². The molecular formula is C8H9FN4O. The van der Waals surface area contributed by atoms with Crippen molar-refractivity contribution >= 4 is 11.0 Å². The van der Waals surface area contributed by atoms with Gasteiger partial charge in [0.2, 0.25) is 0 Å². The van der Waals surface area contributed by atoms with Gasteiger partial charge in [0.05, 0.1) is 12.5 Å². The van der Waals surface area contributed by atoms with Crippen LogP contribution in [0.4, 0.5) is 4.39 Å². The largest absolute Gasteiger partial charge is 0.314 e. The van der Waals surface area contributed by atoms with E-state index in [1.165, 1.54) is 17.1 Å². The van der Waals surface area contributed by atoms with Gasteiger partial charge in [-0.1, -0.05) is 0 Å². The second-order valence-corrected chi connectivity index (χ2v) is 3.06. The van der Waals surface area contributed by atoms with E-state index in [9.17, 15) is 9.18 Å². The number of hydrogen-bond acceptors (Lipinski definition) is 3. The zero-order valence-corrected chi connectivity index (χ0v) is 7.49. The van der Waals surface area contributed by atoms with E-state index in [1.54, 1.807) is 6.92 Å². The number of nitrogens with zero attached hydrogens (tertiary/aromatic N) is 2. The summed E-state index contributed by atoms with van der Waals surface area (Å²) < 4.78 is 14.7. The summed E-state index contributed by atoms with van der Waals surface area (Å²) in [6, 6.07) is 0. The first kappa shape index (κ1) is 8.89. The highest BCUT2D eigenvalue weighted by Crippen LogP contribution is 2.15. The van der Waals surface area contributed by atoms with Crippen LogP contribution in [0.3, 0.4) is 0 Å². The van der Waals surface area contributed by atoms with E-state index in [0.29, 0.717) is 0 Å². The molecule has 2 heterocycles. The first-order valence-corrected chi connectivity index (χ1v) is 4.10. The lowest BCUT2D eigenvalue weighted by Gasteiger charge is -2.06. The van der Waals surface area contributed by atoms with Crippen molar-refractivity contribution in [1.29, 1.82) is 0 Å². The molecule has 6 heteroatoms. The fourth-order valence-corrected chi connectivity index (χ4v) is 1.36. The average Bonchev–Trinajstić information content (AvgIpc) is 2.45. The van der Waals surface area contributed by atoms with E-state index < -0.39 is 17.5 Å². The predicted molar refractivity (Wildman–Crippen MR) is 49.2 cm³/mol. The molecular weight excluding hydrogens is 187 g/mol. The molecule has 0 aliphatic carbocycles. The van der Waals surface area contributed by atoms with E-state index in [2.05, 4.69) is 9.97 Å². The second-order valence-electron chi connectivity index (χ2n) is 3.06. The molecule has 0 fully saturated rings. The quantitative estimate of drug-likeness (QED) is 0.690. The van der Waals surface area contributed by atoms with Crippen molar-refractivity contribution in [3.63, 3.8) is 0 Å². The summed E-state index contributed by atoms with van der Waals surface area (Å²) in [4.78, 5) is 17.4. The monoisotopic (exact) mass is 196 g/mol. The molecule has 74 valence electrons. The van der Waals surface area contributed by atoms with Gasteiger partial charge in [0.25, 0.3) is 5.56 Å². The summed E-state index contributed by atoms with van der Waals surface area (Å²) in [6.45, 7) is 1.68. The molecule has 1 atom stereocenters. The van der Waals surface area contributed by atoms with Crippen LogP contribution in [0.5, 0.6) is 0 Å². The van der Waals surface area contributed by atoms with Crippen molar-refractivity contribution in [1.82, 2.24) is 14.5 Å². The number of aromatic amines is 1. The van der Waals surface area contributed by atoms with Gasteiger partial charge in [-0.05, 0) is 6.92 Å². The number of hydrogen-bond donors (Lipinski definition) is 2. The third kappa shape index (κ3) is 1.12. The highest BCUT2D eigenvalue weighted by Gasteiger charge is 2.14. The first-order valence-electron chi connectivity index (χ1n) is 4.10.